The molecule has 12 aromatic rings. The highest BCUT2D eigenvalue weighted by atomic mass is 32.1. The monoisotopic (exact) mass is 1670 g/mol. The maximum Gasteiger partial charge on any atom is 0.425 e. The molecule has 0 aromatic carbocycles. The molecule has 0 radical (unpaired) electrons. The van der Waals surface area contributed by atoms with E-state index >= 15 is 0 Å². The van der Waals surface area contributed by atoms with Crippen molar-refractivity contribution in [2.45, 2.75) is 120 Å². The Morgan fingerprint density at radius 3 is 1.13 bits per heavy atom. The third kappa shape index (κ3) is 21.9. The lowest BCUT2D eigenvalue weighted by Crippen LogP contribution is -2.12. The van der Waals surface area contributed by atoms with Gasteiger partial charge in [-0.2, -0.15) is 57.9 Å². The zero-order chi connectivity index (χ0) is 83.7. The topological polar surface area (TPSA) is 399 Å². The molecule has 0 fully saturated rings. The fourth-order valence-corrected chi connectivity index (χ4v) is 16.4. The van der Waals surface area contributed by atoms with Crippen molar-refractivity contribution in [1.82, 2.24) is 9.97 Å². The highest BCUT2D eigenvalue weighted by Crippen LogP contribution is 2.46. The number of carbonyl (C=O) groups is 6. The van der Waals surface area contributed by atoms with Crippen molar-refractivity contribution in [3.05, 3.63) is 239 Å². The van der Waals surface area contributed by atoms with E-state index in [1.165, 1.54) is 89.2 Å². The van der Waals surface area contributed by atoms with Crippen LogP contribution in [0.2, 0.25) is 0 Å². The maximum atomic E-state index is 13.0. The van der Waals surface area contributed by atoms with E-state index in [-0.39, 0.29) is 91.5 Å². The molecule has 12 aromatic heterocycles. The zero-order valence-electron chi connectivity index (χ0n) is 62.0. The molecule has 7 N–H and O–H groups in total. The summed E-state index contributed by atoms with van der Waals surface area (Å²) in [6.07, 6.45) is -0.0443. The molecule has 36 heteroatoms. The van der Waals surface area contributed by atoms with Gasteiger partial charge < -0.3 is 53.6 Å². The summed E-state index contributed by atoms with van der Waals surface area (Å²) < 4.78 is 103. The molecule has 0 aliphatic heterocycles. The van der Waals surface area contributed by atoms with Gasteiger partial charge in [0, 0.05) is 33.3 Å². The normalized spacial score (nSPS) is 10.5. The first-order valence-electron chi connectivity index (χ1n) is 34.0. The second-order valence-corrected chi connectivity index (χ2v) is 29.5. The van der Waals surface area contributed by atoms with Crippen LogP contribution in [-0.4, -0.2) is 45.5 Å². The van der Waals surface area contributed by atoms with Gasteiger partial charge in [0.15, 0.2) is 5.76 Å². The van der Waals surface area contributed by atoms with Crippen LogP contribution in [-0.2, 0) is 50.9 Å². The van der Waals surface area contributed by atoms with Crippen LogP contribution in [0, 0.1) is 95.7 Å². The van der Waals surface area contributed by atoms with Crippen LogP contribution in [0.4, 0.5) is 52.2 Å². The SMILES string of the molecule is CCc1c(C(F)(F)F)sc(NC(=O)c2ccc[nH]2)c1C#N.CCc1c(C(F)(F)F)sc(NC(=O)c2cccs2)c1C#N.CCc1c(C)oc(NC(=O)c2ccco2)c1C#N.CCc1c(C)oc(OC(=O)c2ccco2)c1C#N.CCc1c(C)sc(NC(=O)c2ccc[nH]2)c1C#N.CCc1c(C)sc(NC(=O)c2cccs2)c1C#N. The third-order valence-corrected chi connectivity index (χ3v) is 22.3. The summed E-state index contributed by atoms with van der Waals surface area (Å²) in [5.74, 6) is -1.04. The van der Waals surface area contributed by atoms with Crippen LogP contribution in [0.25, 0.3) is 0 Å². The molecule has 0 aliphatic rings. The van der Waals surface area contributed by atoms with Gasteiger partial charge in [-0.25, -0.2) is 4.79 Å². The highest BCUT2D eigenvalue weighted by molar-refractivity contribution is 7.18. The van der Waals surface area contributed by atoms with Crippen LogP contribution in [0.15, 0.2) is 126 Å². The fourth-order valence-electron chi connectivity index (χ4n) is 10.8. The molecule has 0 bridgehead atoms. The number of H-pyrrole nitrogens is 2. The molecule has 0 saturated carbocycles. The number of halogens is 6. The van der Waals surface area contributed by atoms with Crippen molar-refractivity contribution in [2.24, 2.45) is 0 Å². The van der Waals surface area contributed by atoms with E-state index in [1.807, 2.05) is 65.1 Å². The lowest BCUT2D eigenvalue weighted by molar-refractivity contribution is -0.135. The van der Waals surface area contributed by atoms with Gasteiger partial charge >= 0.3 is 24.3 Å². The average Bonchev–Trinajstić information content (AvgIpc) is 1.65. The van der Waals surface area contributed by atoms with Crippen molar-refractivity contribution < 1.29 is 77.5 Å². The molecule has 588 valence electrons. The molecule has 0 spiro atoms. The van der Waals surface area contributed by atoms with Gasteiger partial charge in [-0.1, -0.05) is 53.7 Å². The predicted molar refractivity (Wildman–Crippen MR) is 421 cm³/mol. The Morgan fingerprint density at radius 1 is 0.421 bits per heavy atom. The predicted octanol–water partition coefficient (Wildman–Crippen LogP) is 20.9. The number of rotatable bonds is 18. The van der Waals surface area contributed by atoms with E-state index in [4.69, 9.17) is 43.5 Å². The minimum Gasteiger partial charge on any atom is -0.459 e. The number of ether oxygens (including phenoxy) is 1. The number of carbonyl (C=O) groups excluding carboxylic acids is 6. The Hall–Kier alpha value is -12.8. The number of aromatic amines is 2. The van der Waals surface area contributed by atoms with Gasteiger partial charge in [0.25, 0.3) is 29.5 Å². The number of aryl methyl sites for hydroxylation is 4. The summed E-state index contributed by atoms with van der Waals surface area (Å²) in [5, 5.41) is 72.3. The smallest absolute Gasteiger partial charge is 0.425 e. The van der Waals surface area contributed by atoms with Crippen molar-refractivity contribution in [3.63, 3.8) is 0 Å². The van der Waals surface area contributed by atoms with Gasteiger partial charge in [0.1, 0.15) is 100 Å². The molecule has 0 unspecified atom stereocenters. The largest absolute Gasteiger partial charge is 0.459 e. The van der Waals surface area contributed by atoms with E-state index in [0.717, 1.165) is 44.8 Å². The first-order valence-corrected chi connectivity index (χ1v) is 39.0. The second kappa shape index (κ2) is 41.0. The number of esters is 1. The second-order valence-electron chi connectivity index (χ2n) is 23.1. The van der Waals surface area contributed by atoms with E-state index in [0.29, 0.717) is 89.2 Å². The van der Waals surface area contributed by atoms with Gasteiger partial charge in [0.05, 0.1) is 44.5 Å². The van der Waals surface area contributed by atoms with Gasteiger partial charge in [0.2, 0.25) is 11.6 Å². The van der Waals surface area contributed by atoms with E-state index in [2.05, 4.69) is 48.7 Å². The summed E-state index contributed by atoms with van der Waals surface area (Å²) in [6, 6.07) is 31.5. The molecule has 0 atom stereocenters. The quantitative estimate of drug-likeness (QED) is 0.0310. The standard InChI is InChI=1S/C13H10F3N3OS.C13H9F3N2OS2.C13H13N3OS.C13H12N2O3.C13H12N2OS2.C13H11NO4/c1-2-7-8(6-17)12(21-10(7)13(14,15)16)19-11(20)9-4-3-5-18-9;1-2-7-8(6-17)12(21-10(7)13(14,15)16)18-11(19)9-4-3-5-20-9;1-3-9-8(2)18-13(10(9)7-14)16-12(17)11-5-4-6-15-11;2*1-3-9-8(2)18-13(10(9)7-14)15-12(16)11-5-4-6-17-11;1-3-9-8(2)17-13(10(9)7-14)18-12(15)11-5-4-6-16-11/h3-5,18H,2H2,1H3,(H,19,20);3-5H,2H2,1H3,(H,18,19);4-6,15H,3H2,1-2H3,(H,16,17);2*4-6H,3H2,1-2H3,(H,15,16);4-6H,3H2,1-2H3. The van der Waals surface area contributed by atoms with Crippen LogP contribution in [0.5, 0.6) is 5.95 Å². The first kappa shape index (κ1) is 88.4. The number of hydrogen-bond acceptors (Lipinski definition) is 23. The number of aromatic nitrogens is 2. The molecule has 24 nitrogen and oxygen atoms in total. The van der Waals surface area contributed by atoms with Crippen LogP contribution in [0.1, 0.15) is 201 Å². The summed E-state index contributed by atoms with van der Waals surface area (Å²) in [6.45, 7) is 18.4. The fraction of sp³-hybridized carbons (Fsp3) is 0.231. The molecular formula is C78H67F6N13O11S6. The first-order chi connectivity index (χ1) is 54.4. The Balaban J connectivity index is 0.000000190. The number of anilines is 5. The van der Waals surface area contributed by atoms with Gasteiger partial charge in [-0.05, 0) is 160 Å². The maximum absolute atomic E-state index is 13.0. The number of nitriles is 6. The lowest BCUT2D eigenvalue weighted by Gasteiger charge is -2.05. The summed E-state index contributed by atoms with van der Waals surface area (Å²) in [5.41, 5.74) is 5.72. The van der Waals surface area contributed by atoms with Crippen molar-refractivity contribution in [1.29, 1.82) is 31.6 Å². The average molecular weight is 1670 g/mol. The number of nitrogens with zero attached hydrogens (tertiary/aromatic N) is 6. The van der Waals surface area contributed by atoms with E-state index in [1.54, 1.807) is 93.0 Å². The summed E-state index contributed by atoms with van der Waals surface area (Å²) >= 11 is 6.24. The lowest BCUT2D eigenvalue weighted by atomic mass is 10.1. The summed E-state index contributed by atoms with van der Waals surface area (Å²) in [4.78, 5) is 78.1. The Morgan fingerprint density at radius 2 is 0.789 bits per heavy atom. The van der Waals surface area contributed by atoms with Crippen molar-refractivity contribution in [3.8, 4) is 42.4 Å². The van der Waals surface area contributed by atoms with Crippen LogP contribution >= 0.6 is 68.0 Å². The minimum atomic E-state index is -4.54. The van der Waals surface area contributed by atoms with Gasteiger partial charge in [-0.3, -0.25) is 29.3 Å². The number of nitrogens with one attached hydrogen (secondary N) is 7. The zero-order valence-corrected chi connectivity index (χ0v) is 66.9. The van der Waals surface area contributed by atoms with Crippen LogP contribution < -0.4 is 31.3 Å². The molecular weight excluding hydrogens is 1600 g/mol. The van der Waals surface area contributed by atoms with E-state index in [9.17, 15) is 65.6 Å². The van der Waals surface area contributed by atoms with E-state index < -0.39 is 45.8 Å². The number of alkyl halides is 6. The number of amides is 5. The van der Waals surface area contributed by atoms with Crippen molar-refractivity contribution in [2.75, 3.05) is 26.6 Å². The van der Waals surface area contributed by atoms with Crippen molar-refractivity contribution >= 4 is 129 Å². The number of hydrogen-bond donors (Lipinski definition) is 7. The molecule has 114 heavy (non-hydrogen) atoms. The molecule has 0 saturated heterocycles. The number of furan rings is 4. The Bertz CT molecular complexity index is 5030. The molecule has 12 rings (SSSR count). The molecule has 5 amide bonds. The minimum absolute atomic E-state index is 0.0555. The Labute approximate surface area is 672 Å². The summed E-state index contributed by atoms with van der Waals surface area (Å²) in [7, 11) is 0. The van der Waals surface area contributed by atoms with Crippen LogP contribution in [0.3, 0.4) is 0 Å². The Kier molecular flexibility index (Phi) is 31.8. The third-order valence-electron chi connectivity index (χ3n) is 16.1. The number of thiophene rings is 6. The highest BCUT2D eigenvalue weighted by Gasteiger charge is 2.40. The molecule has 0 aliphatic carbocycles. The van der Waals surface area contributed by atoms with Gasteiger partial charge in [-0.15, -0.1) is 68.0 Å². The molecule has 12 heterocycles.